The maximum Gasteiger partial charge on any atom is 0.426 e. The highest BCUT2D eigenvalue weighted by molar-refractivity contribution is 5.84. The van der Waals surface area contributed by atoms with Crippen molar-refractivity contribution in [2.45, 2.75) is 18.5 Å². The fraction of sp³-hybridized carbons (Fsp3) is 0.188. The van der Waals surface area contributed by atoms with Gasteiger partial charge in [-0.05, 0) is 0 Å². The molecule has 5 nitrogen and oxygen atoms in total. The highest BCUT2D eigenvalue weighted by Crippen LogP contribution is 2.39. The quantitative estimate of drug-likeness (QED) is 0.593. The van der Waals surface area contributed by atoms with Crippen molar-refractivity contribution in [1.29, 1.82) is 15.8 Å². The van der Waals surface area contributed by atoms with Gasteiger partial charge in [0.15, 0.2) is 11.4 Å². The molecule has 0 saturated heterocycles. The Morgan fingerprint density at radius 1 is 0.667 bits per heavy atom. The van der Waals surface area contributed by atoms with E-state index in [2.05, 4.69) is 9.97 Å². The molecule has 0 amide bonds. The third-order valence-electron chi connectivity index (χ3n) is 3.54. The first kappa shape index (κ1) is 22.4. The monoisotopic (exact) mass is 435 g/mol. The molecule has 0 radical (unpaired) electrons. The fourth-order valence-electron chi connectivity index (χ4n) is 2.44. The van der Waals surface area contributed by atoms with E-state index in [4.69, 9.17) is 15.8 Å². The van der Waals surface area contributed by atoms with Gasteiger partial charge in [-0.2, -0.15) is 55.3 Å². The number of hydrogen-bond donors (Lipinski definition) is 0. The number of halogens is 9. The lowest BCUT2D eigenvalue weighted by atomic mass is 10.1. The number of benzene rings is 1. The summed E-state index contributed by atoms with van der Waals surface area (Å²) in [5.41, 5.74) is -9.70. The third kappa shape index (κ3) is 3.96. The molecule has 0 aliphatic rings. The number of nitrogens with zero attached hydrogens (tertiary/aromatic N) is 5. The number of fused-ring (bicyclic) bond motifs is 1. The van der Waals surface area contributed by atoms with Crippen LogP contribution in [0.1, 0.15) is 11.4 Å². The molecule has 30 heavy (non-hydrogen) atoms. The number of aromatic nitrogens is 2. The second-order valence-corrected chi connectivity index (χ2v) is 5.36. The van der Waals surface area contributed by atoms with Crippen molar-refractivity contribution in [3.8, 4) is 18.2 Å². The van der Waals surface area contributed by atoms with Crippen LogP contribution in [0, 0.1) is 34.0 Å². The lowest BCUT2D eigenvalue weighted by molar-refractivity contribution is -0.138. The van der Waals surface area contributed by atoms with E-state index in [-0.39, 0.29) is 12.1 Å². The predicted octanol–water partition coefficient (Wildman–Crippen LogP) is 2.89. The number of rotatable bonds is 0. The van der Waals surface area contributed by atoms with Crippen molar-refractivity contribution in [3.63, 3.8) is 0 Å². The van der Waals surface area contributed by atoms with Gasteiger partial charge in [0.05, 0.1) is 11.0 Å². The average Bonchev–Trinajstić information content (AvgIpc) is 2.59. The molecule has 1 heterocycles. The van der Waals surface area contributed by atoms with Crippen molar-refractivity contribution in [3.05, 3.63) is 34.0 Å². The Kier molecular flexibility index (Phi) is 5.38. The van der Waals surface area contributed by atoms with Crippen LogP contribution < -0.4 is 10.4 Å². The van der Waals surface area contributed by atoms with Crippen molar-refractivity contribution >= 4 is 22.2 Å². The topological polar surface area (TPSA) is 97.1 Å². The molecule has 0 atom stereocenters. The van der Waals surface area contributed by atoms with Gasteiger partial charge < -0.3 is 0 Å². The van der Waals surface area contributed by atoms with Crippen LogP contribution in [0.3, 0.4) is 0 Å². The smallest absolute Gasteiger partial charge is 0.232 e. The van der Waals surface area contributed by atoms with Crippen LogP contribution in [0.15, 0.2) is 12.1 Å². The molecular weight excluding hydrogens is 433 g/mol. The summed E-state index contributed by atoms with van der Waals surface area (Å²) in [6.45, 7) is 0. The first-order chi connectivity index (χ1) is 13.7. The highest BCUT2D eigenvalue weighted by atomic mass is 19.4. The van der Waals surface area contributed by atoms with Gasteiger partial charge in [0, 0.05) is 10.4 Å². The number of alkyl halides is 9. The van der Waals surface area contributed by atoms with E-state index in [1.54, 1.807) is 0 Å². The van der Waals surface area contributed by atoms with Crippen molar-refractivity contribution in [2.75, 3.05) is 0 Å². The minimum atomic E-state index is -6.01. The molecule has 154 valence electrons. The van der Waals surface area contributed by atoms with Crippen LogP contribution in [0.5, 0.6) is 0 Å². The van der Waals surface area contributed by atoms with E-state index >= 15 is 0 Å². The Morgan fingerprint density at radius 2 is 1.07 bits per heavy atom. The first-order valence-electron chi connectivity index (χ1n) is 7.18. The van der Waals surface area contributed by atoms with Crippen molar-refractivity contribution < 1.29 is 39.5 Å². The van der Waals surface area contributed by atoms with E-state index in [9.17, 15) is 39.5 Å². The lowest BCUT2D eigenvalue weighted by Gasteiger charge is -2.16. The van der Waals surface area contributed by atoms with Gasteiger partial charge in [0.2, 0.25) is 0 Å². The minimum Gasteiger partial charge on any atom is -0.232 e. The Bertz CT molecular complexity index is 1260. The summed E-state index contributed by atoms with van der Waals surface area (Å²) in [5, 5.41) is 23.7. The molecule has 1 aromatic heterocycles. The van der Waals surface area contributed by atoms with E-state index in [1.807, 2.05) is 0 Å². The van der Waals surface area contributed by atoms with E-state index in [0.29, 0.717) is 0 Å². The second kappa shape index (κ2) is 7.19. The standard InChI is InChI=1S/C16H2F9N5/c17-14(18,19)8(3-26)6-1-2-7(13(15(20,21)22)16(23,24)25)12-11(6)29-9(4-27)10(5-28)30-12/h1-2H/b8-6+. The summed E-state index contributed by atoms with van der Waals surface area (Å²) < 4.78 is 118. The zero-order valence-corrected chi connectivity index (χ0v) is 13.8. The summed E-state index contributed by atoms with van der Waals surface area (Å²) in [4.78, 5) is 6.50. The Hall–Kier alpha value is -3.86. The van der Waals surface area contributed by atoms with Crippen molar-refractivity contribution in [1.82, 2.24) is 9.97 Å². The minimum absolute atomic E-state index is 0.0406. The SMILES string of the molecule is N#C/C(=c1/ccc(=C(C(F)(F)F)C(F)(F)F)c2nc(C#N)c(C#N)nc12)C(F)(F)F. The van der Waals surface area contributed by atoms with Crippen LogP contribution >= 0.6 is 0 Å². The van der Waals surface area contributed by atoms with Gasteiger partial charge in [0.1, 0.15) is 29.4 Å². The first-order valence-corrected chi connectivity index (χ1v) is 7.18. The molecule has 0 spiro atoms. The third-order valence-corrected chi connectivity index (χ3v) is 3.54. The highest BCUT2D eigenvalue weighted by Gasteiger charge is 2.51. The lowest BCUT2D eigenvalue weighted by Crippen LogP contribution is -2.33. The fourth-order valence-corrected chi connectivity index (χ4v) is 2.44. The maximum absolute atomic E-state index is 13.1. The van der Waals surface area contributed by atoms with E-state index < -0.39 is 62.5 Å². The molecule has 0 unspecified atom stereocenters. The summed E-state index contributed by atoms with van der Waals surface area (Å²) in [7, 11) is 0. The van der Waals surface area contributed by atoms with Crippen LogP contribution in [0.2, 0.25) is 0 Å². The Balaban J connectivity index is 3.42. The van der Waals surface area contributed by atoms with Gasteiger partial charge in [-0.15, -0.1) is 0 Å². The van der Waals surface area contributed by atoms with Crippen molar-refractivity contribution in [2.24, 2.45) is 0 Å². The normalized spacial score (nSPS) is 13.3. The van der Waals surface area contributed by atoms with E-state index in [0.717, 1.165) is 6.07 Å². The predicted molar refractivity (Wildman–Crippen MR) is 78.8 cm³/mol. The zero-order valence-electron chi connectivity index (χ0n) is 13.8. The summed E-state index contributed by atoms with van der Waals surface area (Å²) >= 11 is 0. The second-order valence-electron chi connectivity index (χ2n) is 5.36. The molecule has 0 fully saturated rings. The molecule has 0 aliphatic heterocycles. The zero-order chi connectivity index (χ0) is 23.1. The molecule has 2 aromatic rings. The number of hydrogen-bond acceptors (Lipinski definition) is 5. The summed E-state index contributed by atoms with van der Waals surface area (Å²) in [6.07, 6.45) is -17.4. The molecular formula is C16H2F9N5. The van der Waals surface area contributed by atoms with Crippen LogP contribution in [-0.4, -0.2) is 28.5 Å². The van der Waals surface area contributed by atoms with Crippen LogP contribution in [0.4, 0.5) is 39.5 Å². The Labute approximate surface area is 159 Å². The summed E-state index contributed by atoms with van der Waals surface area (Å²) in [6, 6.07) is 3.44. The van der Waals surface area contributed by atoms with E-state index in [1.165, 1.54) is 12.1 Å². The largest absolute Gasteiger partial charge is 0.426 e. The van der Waals surface area contributed by atoms with Crippen LogP contribution in [0.25, 0.3) is 22.2 Å². The molecule has 0 bridgehead atoms. The van der Waals surface area contributed by atoms with Gasteiger partial charge >= 0.3 is 18.5 Å². The molecule has 0 saturated carbocycles. The molecule has 14 heteroatoms. The van der Waals surface area contributed by atoms with Crippen LogP contribution in [-0.2, 0) is 0 Å². The van der Waals surface area contributed by atoms with Gasteiger partial charge in [-0.25, -0.2) is 9.97 Å². The van der Waals surface area contributed by atoms with Gasteiger partial charge in [-0.1, -0.05) is 12.1 Å². The molecule has 2 rings (SSSR count). The average molecular weight is 435 g/mol. The number of nitriles is 3. The molecule has 1 aromatic carbocycles. The van der Waals surface area contributed by atoms with Gasteiger partial charge in [0.25, 0.3) is 0 Å². The Morgan fingerprint density at radius 3 is 1.40 bits per heavy atom. The molecule has 0 N–H and O–H groups in total. The van der Waals surface area contributed by atoms with Gasteiger partial charge in [-0.3, -0.25) is 0 Å². The summed E-state index contributed by atoms with van der Waals surface area (Å²) in [5.74, 6) is 0. The maximum atomic E-state index is 13.1. The molecule has 0 aliphatic carbocycles.